The SMILES string of the molecule is C=C[C@H]1C[N+]2(Cc3ccc(Br)cc3)CCC1C[C@@H]2CO. The van der Waals surface area contributed by atoms with Gasteiger partial charge >= 0.3 is 0 Å². The molecule has 2 unspecified atom stereocenters. The van der Waals surface area contributed by atoms with Gasteiger partial charge in [0.2, 0.25) is 0 Å². The smallest absolute Gasteiger partial charge is 0.113 e. The zero-order valence-corrected chi connectivity index (χ0v) is 13.4. The van der Waals surface area contributed by atoms with Crippen molar-refractivity contribution in [3.05, 3.63) is 47.0 Å². The normalized spacial score (nSPS) is 36.0. The summed E-state index contributed by atoms with van der Waals surface area (Å²) in [5.41, 5.74) is 1.37. The maximum Gasteiger partial charge on any atom is 0.113 e. The highest BCUT2D eigenvalue weighted by Crippen LogP contribution is 2.43. The molecule has 3 fully saturated rings. The van der Waals surface area contributed by atoms with Crippen molar-refractivity contribution >= 4 is 15.9 Å². The third-order valence-corrected chi connectivity index (χ3v) is 5.93. The number of piperidine rings is 3. The third kappa shape index (κ3) is 2.47. The molecule has 20 heavy (non-hydrogen) atoms. The van der Waals surface area contributed by atoms with Crippen molar-refractivity contribution in [2.24, 2.45) is 11.8 Å². The van der Waals surface area contributed by atoms with Crippen molar-refractivity contribution in [3.8, 4) is 0 Å². The summed E-state index contributed by atoms with van der Waals surface area (Å²) >= 11 is 3.50. The van der Waals surface area contributed by atoms with Gasteiger partial charge in [0, 0.05) is 28.8 Å². The lowest BCUT2D eigenvalue weighted by molar-refractivity contribution is -0.981. The average molecular weight is 337 g/mol. The van der Waals surface area contributed by atoms with Crippen molar-refractivity contribution < 1.29 is 9.59 Å². The molecule has 3 aliphatic rings. The van der Waals surface area contributed by atoms with Crippen LogP contribution in [0.1, 0.15) is 18.4 Å². The number of halogens is 1. The molecule has 0 radical (unpaired) electrons. The minimum atomic E-state index is 0.316. The minimum Gasteiger partial charge on any atom is -0.390 e. The molecule has 3 aliphatic heterocycles. The van der Waals surface area contributed by atoms with Crippen LogP contribution in [0.2, 0.25) is 0 Å². The van der Waals surface area contributed by atoms with E-state index in [-0.39, 0.29) is 0 Å². The molecule has 4 rings (SSSR count). The standard InChI is InChI=1S/C17H23BrNO/c1-2-14-11-19(8-7-15(14)9-17(19)12-20)10-13-3-5-16(18)6-4-13/h2-6,14-15,17,20H,1,7-12H2/q+1/t14-,15?,17+,19?/m0/s1. The van der Waals surface area contributed by atoms with Crippen LogP contribution in [0.4, 0.5) is 0 Å². The number of benzene rings is 1. The van der Waals surface area contributed by atoms with Crippen LogP contribution in [0.5, 0.6) is 0 Å². The molecule has 2 bridgehead atoms. The van der Waals surface area contributed by atoms with Crippen molar-refractivity contribution in [2.75, 3.05) is 19.7 Å². The summed E-state index contributed by atoms with van der Waals surface area (Å²) < 4.78 is 2.17. The highest BCUT2D eigenvalue weighted by molar-refractivity contribution is 9.10. The molecule has 3 heteroatoms. The molecular weight excluding hydrogens is 314 g/mol. The maximum absolute atomic E-state index is 9.81. The van der Waals surface area contributed by atoms with Crippen LogP contribution in [0.15, 0.2) is 41.4 Å². The van der Waals surface area contributed by atoms with Crippen LogP contribution >= 0.6 is 15.9 Å². The number of nitrogens with zero attached hydrogens (tertiary/aromatic N) is 1. The quantitative estimate of drug-likeness (QED) is 0.660. The zero-order valence-electron chi connectivity index (χ0n) is 11.8. The molecule has 0 amide bonds. The van der Waals surface area contributed by atoms with Gasteiger partial charge in [0.25, 0.3) is 0 Å². The van der Waals surface area contributed by atoms with Crippen molar-refractivity contribution in [3.63, 3.8) is 0 Å². The zero-order chi connectivity index (χ0) is 14.2. The fourth-order valence-electron chi connectivity index (χ4n) is 4.24. The Hall–Kier alpha value is -0.640. The molecule has 3 heterocycles. The van der Waals surface area contributed by atoms with E-state index in [1.807, 2.05) is 0 Å². The first-order chi connectivity index (χ1) is 9.66. The minimum absolute atomic E-state index is 0.316. The Labute approximate surface area is 129 Å². The monoisotopic (exact) mass is 336 g/mol. The summed E-state index contributed by atoms with van der Waals surface area (Å²) in [6.45, 7) is 7.73. The van der Waals surface area contributed by atoms with Crippen molar-refractivity contribution in [1.29, 1.82) is 0 Å². The first-order valence-electron chi connectivity index (χ1n) is 7.50. The Morgan fingerprint density at radius 2 is 2.10 bits per heavy atom. The lowest BCUT2D eigenvalue weighted by Gasteiger charge is -2.56. The number of hydrogen-bond donors (Lipinski definition) is 1. The lowest BCUT2D eigenvalue weighted by atomic mass is 9.73. The molecule has 2 nitrogen and oxygen atoms in total. The molecule has 0 spiro atoms. The van der Waals surface area contributed by atoms with Gasteiger partial charge in [-0.2, -0.15) is 0 Å². The van der Waals surface area contributed by atoms with Gasteiger partial charge in [-0.15, -0.1) is 6.58 Å². The van der Waals surface area contributed by atoms with Crippen molar-refractivity contribution in [2.45, 2.75) is 25.4 Å². The number of hydrogen-bond acceptors (Lipinski definition) is 1. The highest BCUT2D eigenvalue weighted by atomic mass is 79.9. The number of fused-ring (bicyclic) bond motifs is 3. The first-order valence-corrected chi connectivity index (χ1v) is 8.30. The summed E-state index contributed by atoms with van der Waals surface area (Å²) in [4.78, 5) is 0. The van der Waals surface area contributed by atoms with E-state index in [0.29, 0.717) is 18.6 Å². The van der Waals surface area contributed by atoms with Gasteiger partial charge in [0.1, 0.15) is 12.6 Å². The summed E-state index contributed by atoms with van der Waals surface area (Å²) in [5.74, 6) is 1.37. The van der Waals surface area contributed by atoms with Crippen LogP contribution in [-0.2, 0) is 6.54 Å². The van der Waals surface area contributed by atoms with E-state index in [2.05, 4.69) is 52.9 Å². The second-order valence-corrected chi connectivity index (χ2v) is 7.35. The number of aliphatic hydroxyl groups excluding tert-OH is 1. The van der Waals surface area contributed by atoms with E-state index in [9.17, 15) is 5.11 Å². The Bertz CT molecular complexity index is 486. The number of rotatable bonds is 4. The van der Waals surface area contributed by atoms with E-state index in [0.717, 1.165) is 34.4 Å². The second kappa shape index (κ2) is 5.63. The van der Waals surface area contributed by atoms with Gasteiger partial charge in [-0.3, -0.25) is 0 Å². The molecular formula is C17H23BrNO+. The largest absolute Gasteiger partial charge is 0.390 e. The predicted octanol–water partition coefficient (Wildman–Crippen LogP) is 3.35. The van der Waals surface area contributed by atoms with Crippen LogP contribution in [0, 0.1) is 11.8 Å². The molecule has 4 atom stereocenters. The Balaban J connectivity index is 1.86. The molecule has 1 N–H and O–H groups in total. The van der Waals surface area contributed by atoms with Gasteiger partial charge in [0.15, 0.2) is 0 Å². The Kier molecular flexibility index (Phi) is 4.02. The van der Waals surface area contributed by atoms with E-state index in [1.165, 1.54) is 18.5 Å². The second-order valence-electron chi connectivity index (χ2n) is 6.43. The van der Waals surface area contributed by atoms with Crippen LogP contribution in [0.25, 0.3) is 0 Å². The molecule has 108 valence electrons. The average Bonchev–Trinajstić information content (AvgIpc) is 2.49. The fourth-order valence-corrected chi connectivity index (χ4v) is 4.50. The maximum atomic E-state index is 9.81. The van der Waals surface area contributed by atoms with Gasteiger partial charge in [-0.05, 0) is 18.1 Å². The third-order valence-electron chi connectivity index (χ3n) is 5.40. The van der Waals surface area contributed by atoms with E-state index in [1.54, 1.807) is 0 Å². The van der Waals surface area contributed by atoms with E-state index in [4.69, 9.17) is 0 Å². The lowest BCUT2D eigenvalue weighted by Crippen LogP contribution is -2.67. The van der Waals surface area contributed by atoms with Crippen molar-refractivity contribution in [1.82, 2.24) is 0 Å². The predicted molar refractivity (Wildman–Crippen MR) is 85.1 cm³/mol. The first kappa shape index (κ1) is 14.3. The summed E-state index contributed by atoms with van der Waals surface area (Å²) in [5, 5.41) is 9.81. The van der Waals surface area contributed by atoms with Gasteiger partial charge in [0.05, 0.1) is 19.7 Å². The molecule has 0 aromatic heterocycles. The van der Waals surface area contributed by atoms with Gasteiger partial charge in [-0.1, -0.05) is 34.1 Å². The topological polar surface area (TPSA) is 20.2 Å². The van der Waals surface area contributed by atoms with Crippen LogP contribution < -0.4 is 0 Å². The Morgan fingerprint density at radius 3 is 2.75 bits per heavy atom. The summed E-state index contributed by atoms with van der Waals surface area (Å²) in [6.07, 6.45) is 4.58. The van der Waals surface area contributed by atoms with Gasteiger partial charge in [-0.25, -0.2) is 0 Å². The number of quaternary nitrogens is 1. The molecule has 0 aliphatic carbocycles. The van der Waals surface area contributed by atoms with Crippen LogP contribution in [-0.4, -0.2) is 35.3 Å². The van der Waals surface area contributed by atoms with E-state index < -0.39 is 0 Å². The summed E-state index contributed by atoms with van der Waals surface area (Å²) in [6, 6.07) is 9.05. The van der Waals surface area contributed by atoms with E-state index >= 15 is 0 Å². The fraction of sp³-hybridized carbons (Fsp3) is 0.529. The number of aliphatic hydroxyl groups is 1. The Morgan fingerprint density at radius 1 is 1.35 bits per heavy atom. The molecule has 1 aromatic rings. The van der Waals surface area contributed by atoms with Crippen LogP contribution in [0.3, 0.4) is 0 Å². The van der Waals surface area contributed by atoms with Gasteiger partial charge < -0.3 is 9.59 Å². The molecule has 3 saturated heterocycles. The highest BCUT2D eigenvalue weighted by Gasteiger charge is 2.50. The molecule has 1 aromatic carbocycles. The molecule has 0 saturated carbocycles. The summed E-state index contributed by atoms with van der Waals surface area (Å²) in [7, 11) is 0.